The Hall–Kier alpha value is -2.70. The Morgan fingerprint density at radius 3 is 2.19 bits per heavy atom. The van der Waals surface area contributed by atoms with E-state index < -0.39 is 24.1 Å². The van der Waals surface area contributed by atoms with Crippen molar-refractivity contribution in [2.45, 2.75) is 52.4 Å². The summed E-state index contributed by atoms with van der Waals surface area (Å²) in [5.41, 5.74) is 1.48. The number of ether oxygens (including phenoxy) is 2. The lowest BCUT2D eigenvalue weighted by Crippen LogP contribution is -2.42. The van der Waals surface area contributed by atoms with E-state index in [9.17, 15) is 18.8 Å². The molecule has 1 aromatic carbocycles. The first-order chi connectivity index (χ1) is 12.4. The van der Waals surface area contributed by atoms with E-state index in [4.69, 9.17) is 9.47 Å². The van der Waals surface area contributed by atoms with Crippen LogP contribution in [0.2, 0.25) is 0 Å². The Morgan fingerprint density at radius 1 is 1.08 bits per heavy atom. The summed E-state index contributed by atoms with van der Waals surface area (Å²) < 4.78 is 22.9. The number of hydrogen-bond donors (Lipinski definition) is 0. The van der Waals surface area contributed by atoms with E-state index in [-0.39, 0.29) is 12.4 Å². The highest BCUT2D eigenvalue weighted by molar-refractivity contribution is 5.85. The number of nitrogens with zero attached hydrogens (tertiary/aromatic N) is 1. The lowest BCUT2D eigenvalue weighted by molar-refractivity contribution is -0.194. The van der Waals surface area contributed by atoms with Gasteiger partial charge in [-0.1, -0.05) is 18.2 Å². The number of halogens is 1. The van der Waals surface area contributed by atoms with Crippen LogP contribution >= 0.6 is 0 Å². The summed E-state index contributed by atoms with van der Waals surface area (Å²) >= 11 is 0. The average molecular weight is 363 g/mol. The molecule has 2 rings (SSSR count). The Labute approximate surface area is 151 Å². The second-order valence-electron chi connectivity index (χ2n) is 6.04. The molecule has 26 heavy (non-hydrogen) atoms. The third-order valence-electron chi connectivity index (χ3n) is 3.88. The highest BCUT2D eigenvalue weighted by Crippen LogP contribution is 2.24. The van der Waals surface area contributed by atoms with Gasteiger partial charge < -0.3 is 14.4 Å². The molecule has 0 saturated carbocycles. The van der Waals surface area contributed by atoms with Crippen LogP contribution in [-0.4, -0.2) is 29.0 Å². The second kappa shape index (κ2) is 9.12. The molecule has 0 aliphatic heterocycles. The minimum Gasteiger partial charge on any atom is -0.416 e. The summed E-state index contributed by atoms with van der Waals surface area (Å²) in [4.78, 5) is 37.0. The quantitative estimate of drug-likeness (QED) is 0.574. The summed E-state index contributed by atoms with van der Waals surface area (Å²) in [5.74, 6) is -2.48. The number of allylic oxidation sites excluding steroid dienone is 2. The fraction of sp³-hybridized carbons (Fsp3) is 0.421. The molecular weight excluding hydrogens is 341 g/mol. The fourth-order valence-corrected chi connectivity index (χ4v) is 2.71. The van der Waals surface area contributed by atoms with Gasteiger partial charge in [-0.25, -0.2) is 4.39 Å². The summed E-state index contributed by atoms with van der Waals surface area (Å²) in [6.07, 6.45) is 3.76. The average Bonchev–Trinajstić information content (AvgIpc) is 2.60. The molecule has 140 valence electrons. The van der Waals surface area contributed by atoms with E-state index in [0.717, 1.165) is 38.8 Å². The Bertz CT molecular complexity index is 682. The number of amides is 1. The van der Waals surface area contributed by atoms with E-state index in [2.05, 4.69) is 0 Å². The van der Waals surface area contributed by atoms with E-state index in [0.29, 0.717) is 12.0 Å². The molecular formula is C19H22FNO5. The first-order valence-electron chi connectivity index (χ1n) is 8.46. The number of carbonyl (C=O) groups is 3. The van der Waals surface area contributed by atoms with Crippen molar-refractivity contribution in [1.29, 1.82) is 0 Å². The molecule has 1 aliphatic rings. The van der Waals surface area contributed by atoms with Gasteiger partial charge in [0.25, 0.3) is 0 Å². The predicted molar refractivity (Wildman–Crippen MR) is 90.8 cm³/mol. The molecule has 0 spiro atoms. The Balaban J connectivity index is 2.29. The van der Waals surface area contributed by atoms with Crippen molar-refractivity contribution >= 4 is 17.8 Å². The number of benzene rings is 1. The SMILES string of the molecule is CC(=O)OC(OC(C)=O)C(=O)N(Cc1ccc(F)cc1)C1=CCCCC1. The number of esters is 2. The molecule has 0 saturated heterocycles. The summed E-state index contributed by atoms with van der Waals surface area (Å²) in [6, 6.07) is 5.77. The number of hydrogen-bond acceptors (Lipinski definition) is 5. The van der Waals surface area contributed by atoms with Crippen molar-refractivity contribution < 1.29 is 28.2 Å². The van der Waals surface area contributed by atoms with Crippen molar-refractivity contribution in [3.05, 3.63) is 47.4 Å². The van der Waals surface area contributed by atoms with Gasteiger partial charge in [0.2, 0.25) is 0 Å². The lowest BCUT2D eigenvalue weighted by Gasteiger charge is -2.30. The highest BCUT2D eigenvalue weighted by atomic mass is 19.1. The molecule has 0 atom stereocenters. The topological polar surface area (TPSA) is 72.9 Å². The van der Waals surface area contributed by atoms with Crippen LogP contribution in [0.5, 0.6) is 0 Å². The van der Waals surface area contributed by atoms with Gasteiger partial charge in [0.05, 0.1) is 6.54 Å². The minimum atomic E-state index is -1.65. The van der Waals surface area contributed by atoms with Gasteiger partial charge in [-0.15, -0.1) is 0 Å². The predicted octanol–water partition coefficient (Wildman–Crippen LogP) is 3.06. The first-order valence-corrected chi connectivity index (χ1v) is 8.46. The largest absolute Gasteiger partial charge is 0.416 e. The summed E-state index contributed by atoms with van der Waals surface area (Å²) in [7, 11) is 0. The van der Waals surface area contributed by atoms with Crippen LogP contribution in [0.1, 0.15) is 45.1 Å². The van der Waals surface area contributed by atoms with Gasteiger partial charge in [-0.05, 0) is 43.4 Å². The highest BCUT2D eigenvalue weighted by Gasteiger charge is 2.32. The zero-order valence-electron chi connectivity index (χ0n) is 14.9. The number of rotatable bonds is 6. The molecule has 0 heterocycles. The van der Waals surface area contributed by atoms with Gasteiger partial charge in [-0.2, -0.15) is 0 Å². The van der Waals surface area contributed by atoms with Crippen molar-refractivity contribution in [2.75, 3.05) is 0 Å². The lowest BCUT2D eigenvalue weighted by atomic mass is 10.0. The third kappa shape index (κ3) is 5.68. The molecule has 0 aromatic heterocycles. The molecule has 0 unspecified atom stereocenters. The second-order valence-corrected chi connectivity index (χ2v) is 6.04. The van der Waals surface area contributed by atoms with Crippen molar-refractivity contribution in [1.82, 2.24) is 4.90 Å². The molecule has 1 amide bonds. The Morgan fingerprint density at radius 2 is 1.69 bits per heavy atom. The zero-order valence-corrected chi connectivity index (χ0v) is 14.9. The molecule has 0 bridgehead atoms. The Kier molecular flexibility index (Phi) is 6.89. The maximum atomic E-state index is 13.1. The van der Waals surface area contributed by atoms with E-state index in [1.54, 1.807) is 12.1 Å². The van der Waals surface area contributed by atoms with Gasteiger partial charge in [-0.3, -0.25) is 14.4 Å². The van der Waals surface area contributed by atoms with E-state index in [1.807, 2.05) is 6.08 Å². The fourth-order valence-electron chi connectivity index (χ4n) is 2.71. The van der Waals surface area contributed by atoms with Crippen molar-refractivity contribution in [3.63, 3.8) is 0 Å². The maximum absolute atomic E-state index is 13.1. The van der Waals surface area contributed by atoms with Crippen LogP contribution in [0.25, 0.3) is 0 Å². The standard InChI is InChI=1S/C19H22FNO5/c1-13(22)25-19(26-14(2)23)18(24)21(17-6-4-3-5-7-17)12-15-8-10-16(20)11-9-15/h6,8-11,19H,3-5,7,12H2,1-2H3. The minimum absolute atomic E-state index is 0.157. The van der Waals surface area contributed by atoms with E-state index in [1.165, 1.54) is 17.0 Å². The van der Waals surface area contributed by atoms with Gasteiger partial charge in [0.15, 0.2) is 0 Å². The van der Waals surface area contributed by atoms with Crippen LogP contribution in [0, 0.1) is 5.82 Å². The molecule has 6 nitrogen and oxygen atoms in total. The third-order valence-corrected chi connectivity index (χ3v) is 3.88. The van der Waals surface area contributed by atoms with Gasteiger partial charge in [0.1, 0.15) is 5.82 Å². The van der Waals surface area contributed by atoms with E-state index >= 15 is 0 Å². The molecule has 7 heteroatoms. The molecule has 1 aromatic rings. The maximum Gasteiger partial charge on any atom is 0.326 e. The first kappa shape index (κ1) is 19.6. The molecule has 1 aliphatic carbocycles. The molecule has 0 fully saturated rings. The van der Waals surface area contributed by atoms with Crippen molar-refractivity contribution in [2.24, 2.45) is 0 Å². The van der Waals surface area contributed by atoms with Crippen molar-refractivity contribution in [3.8, 4) is 0 Å². The smallest absolute Gasteiger partial charge is 0.326 e. The summed E-state index contributed by atoms with van der Waals surface area (Å²) in [5, 5.41) is 0. The normalized spacial score (nSPS) is 13.8. The van der Waals surface area contributed by atoms with Crippen LogP contribution in [0.3, 0.4) is 0 Å². The number of carbonyl (C=O) groups excluding carboxylic acids is 3. The van der Waals surface area contributed by atoms with Gasteiger partial charge >= 0.3 is 24.1 Å². The zero-order chi connectivity index (χ0) is 19.1. The van der Waals surface area contributed by atoms with Crippen LogP contribution in [-0.2, 0) is 30.4 Å². The van der Waals surface area contributed by atoms with Crippen LogP contribution in [0.15, 0.2) is 36.0 Å². The summed E-state index contributed by atoms with van der Waals surface area (Å²) in [6.45, 7) is 2.42. The molecule has 0 radical (unpaired) electrons. The molecule has 0 N–H and O–H groups in total. The van der Waals surface area contributed by atoms with Crippen LogP contribution in [0.4, 0.5) is 4.39 Å². The monoisotopic (exact) mass is 363 g/mol. The van der Waals surface area contributed by atoms with Crippen LogP contribution < -0.4 is 0 Å². The van der Waals surface area contributed by atoms with Gasteiger partial charge in [0, 0.05) is 19.5 Å².